The standard InChI is InChI=1S/C25H27N3O3/c1-15-12-20(27-22(16(15)2)17-5-10-26-21(29)13-17)28-23(30)25(8-9-25)24(3)7-4-19-18(14-24)6-11-31-19/h4-5,7,10,12-13H,6,8-9,11,14H2,1-3H3,(H,26,29)(H,27,28,30). The maximum absolute atomic E-state index is 13.5. The summed E-state index contributed by atoms with van der Waals surface area (Å²) in [5.41, 5.74) is 3.97. The Morgan fingerprint density at radius 1 is 1.26 bits per heavy atom. The van der Waals surface area contributed by atoms with E-state index in [1.165, 1.54) is 11.6 Å². The largest absolute Gasteiger partial charge is 0.493 e. The fourth-order valence-electron chi connectivity index (χ4n) is 5.03. The molecule has 6 nitrogen and oxygen atoms in total. The monoisotopic (exact) mass is 417 g/mol. The van der Waals surface area contributed by atoms with Gasteiger partial charge in [-0.15, -0.1) is 0 Å². The van der Waals surface area contributed by atoms with Gasteiger partial charge >= 0.3 is 0 Å². The van der Waals surface area contributed by atoms with Gasteiger partial charge in [0.1, 0.15) is 11.6 Å². The second-order valence-electron chi connectivity index (χ2n) is 9.27. The minimum atomic E-state index is -0.421. The highest BCUT2D eigenvalue weighted by molar-refractivity contribution is 5.98. The summed E-state index contributed by atoms with van der Waals surface area (Å²) in [6.45, 7) is 6.90. The van der Waals surface area contributed by atoms with E-state index in [-0.39, 0.29) is 16.9 Å². The van der Waals surface area contributed by atoms with Crippen molar-refractivity contribution in [2.24, 2.45) is 10.8 Å². The predicted octanol–water partition coefficient (Wildman–Crippen LogP) is 4.41. The Labute approximate surface area is 181 Å². The van der Waals surface area contributed by atoms with Crippen molar-refractivity contribution in [3.8, 4) is 11.3 Å². The number of carbonyl (C=O) groups is 1. The molecule has 1 amide bonds. The van der Waals surface area contributed by atoms with Crippen molar-refractivity contribution in [3.63, 3.8) is 0 Å². The highest BCUT2D eigenvalue weighted by atomic mass is 16.5. The third-order valence-electron chi connectivity index (χ3n) is 7.29. The molecule has 160 valence electrons. The number of carbonyl (C=O) groups excluding carboxylic acids is 1. The molecule has 1 atom stereocenters. The maximum Gasteiger partial charge on any atom is 0.248 e. The summed E-state index contributed by atoms with van der Waals surface area (Å²) in [4.78, 5) is 32.6. The maximum atomic E-state index is 13.5. The van der Waals surface area contributed by atoms with Gasteiger partial charge in [0.25, 0.3) is 0 Å². The molecule has 0 bridgehead atoms. The van der Waals surface area contributed by atoms with Gasteiger partial charge in [0.2, 0.25) is 11.5 Å². The minimum Gasteiger partial charge on any atom is -0.493 e. The highest BCUT2D eigenvalue weighted by Gasteiger charge is 2.61. The average Bonchev–Trinajstić information content (AvgIpc) is 3.44. The van der Waals surface area contributed by atoms with E-state index in [0.717, 1.165) is 54.7 Å². The SMILES string of the molecule is Cc1cc(NC(=O)C2(C3(C)C=CC4=C(CCO4)C3)CC2)nc(-c2cc[nH]c(=O)c2)c1C. The van der Waals surface area contributed by atoms with Crippen LogP contribution in [0.5, 0.6) is 0 Å². The number of hydrogen-bond acceptors (Lipinski definition) is 4. The van der Waals surface area contributed by atoms with Crippen molar-refractivity contribution >= 4 is 11.7 Å². The van der Waals surface area contributed by atoms with Crippen molar-refractivity contribution in [2.75, 3.05) is 11.9 Å². The summed E-state index contributed by atoms with van der Waals surface area (Å²) in [6, 6.07) is 5.27. The number of hydrogen-bond donors (Lipinski definition) is 2. The molecule has 3 aliphatic rings. The fraction of sp³-hybridized carbons (Fsp3) is 0.400. The number of amides is 1. The molecule has 1 aliphatic heterocycles. The van der Waals surface area contributed by atoms with E-state index in [1.807, 2.05) is 26.0 Å². The van der Waals surface area contributed by atoms with Gasteiger partial charge in [0.15, 0.2) is 0 Å². The molecule has 0 saturated heterocycles. The number of ether oxygens (including phenoxy) is 1. The summed E-state index contributed by atoms with van der Waals surface area (Å²) >= 11 is 0. The number of anilines is 1. The number of rotatable bonds is 4. The number of nitrogens with zero attached hydrogens (tertiary/aromatic N) is 1. The van der Waals surface area contributed by atoms with Crippen LogP contribution in [0.1, 0.15) is 43.7 Å². The third-order valence-corrected chi connectivity index (χ3v) is 7.29. The Kier molecular flexibility index (Phi) is 4.43. The van der Waals surface area contributed by atoms with Crippen LogP contribution in [0.15, 0.2) is 52.7 Å². The van der Waals surface area contributed by atoms with E-state index in [0.29, 0.717) is 11.5 Å². The zero-order valence-corrected chi connectivity index (χ0v) is 18.2. The Balaban J connectivity index is 1.43. The van der Waals surface area contributed by atoms with Crippen LogP contribution < -0.4 is 10.9 Å². The molecule has 5 rings (SSSR count). The average molecular weight is 418 g/mol. The molecule has 1 saturated carbocycles. The molecule has 2 aromatic rings. The number of nitrogens with one attached hydrogen (secondary N) is 2. The summed E-state index contributed by atoms with van der Waals surface area (Å²) in [6.07, 6.45) is 9.39. The molecule has 2 aromatic heterocycles. The Morgan fingerprint density at radius 2 is 2.06 bits per heavy atom. The second kappa shape index (κ2) is 6.94. The van der Waals surface area contributed by atoms with Crippen LogP contribution in [-0.4, -0.2) is 22.5 Å². The number of aryl methyl sites for hydroxylation is 1. The lowest BCUT2D eigenvalue weighted by Crippen LogP contribution is -2.39. The molecule has 2 N–H and O–H groups in total. The highest BCUT2D eigenvalue weighted by Crippen LogP contribution is 2.63. The molecule has 31 heavy (non-hydrogen) atoms. The van der Waals surface area contributed by atoms with Crippen molar-refractivity contribution < 1.29 is 9.53 Å². The fourth-order valence-corrected chi connectivity index (χ4v) is 5.03. The Morgan fingerprint density at radius 3 is 2.81 bits per heavy atom. The van der Waals surface area contributed by atoms with Crippen molar-refractivity contribution in [1.82, 2.24) is 9.97 Å². The number of aromatic nitrogens is 2. The van der Waals surface area contributed by atoms with Crippen LogP contribution in [0.2, 0.25) is 0 Å². The van der Waals surface area contributed by atoms with Crippen LogP contribution in [-0.2, 0) is 9.53 Å². The van der Waals surface area contributed by atoms with E-state index in [2.05, 4.69) is 29.4 Å². The van der Waals surface area contributed by atoms with E-state index < -0.39 is 5.41 Å². The zero-order valence-electron chi connectivity index (χ0n) is 18.2. The van der Waals surface area contributed by atoms with E-state index in [1.54, 1.807) is 6.20 Å². The second-order valence-corrected chi connectivity index (χ2v) is 9.27. The van der Waals surface area contributed by atoms with Gasteiger partial charge in [0.05, 0.1) is 17.7 Å². The first-order valence-electron chi connectivity index (χ1n) is 10.8. The van der Waals surface area contributed by atoms with E-state index in [9.17, 15) is 9.59 Å². The molecular formula is C25H27N3O3. The van der Waals surface area contributed by atoms with Gasteiger partial charge in [-0.1, -0.05) is 13.0 Å². The van der Waals surface area contributed by atoms with Gasteiger partial charge in [-0.05, 0) is 68.0 Å². The molecule has 2 aliphatic carbocycles. The van der Waals surface area contributed by atoms with Crippen LogP contribution in [0.3, 0.4) is 0 Å². The molecule has 0 radical (unpaired) electrons. The van der Waals surface area contributed by atoms with Gasteiger partial charge in [-0.3, -0.25) is 9.59 Å². The summed E-state index contributed by atoms with van der Waals surface area (Å²) < 4.78 is 5.69. The summed E-state index contributed by atoms with van der Waals surface area (Å²) in [7, 11) is 0. The smallest absolute Gasteiger partial charge is 0.248 e. The zero-order chi connectivity index (χ0) is 21.8. The Bertz CT molecular complexity index is 1200. The number of allylic oxidation sites excluding steroid dienone is 2. The number of H-pyrrole nitrogens is 1. The first-order chi connectivity index (χ1) is 14.8. The summed E-state index contributed by atoms with van der Waals surface area (Å²) in [5.74, 6) is 1.55. The normalized spacial score (nSPS) is 23.3. The first kappa shape index (κ1) is 19.8. The lowest BCUT2D eigenvalue weighted by molar-refractivity contribution is -0.124. The molecular weight excluding hydrogens is 390 g/mol. The molecule has 0 spiro atoms. The topological polar surface area (TPSA) is 84.1 Å². The van der Waals surface area contributed by atoms with Crippen LogP contribution in [0.4, 0.5) is 5.82 Å². The van der Waals surface area contributed by atoms with Crippen molar-refractivity contribution in [3.05, 3.63) is 69.4 Å². The number of aromatic amines is 1. The van der Waals surface area contributed by atoms with E-state index >= 15 is 0 Å². The molecule has 0 aromatic carbocycles. The van der Waals surface area contributed by atoms with E-state index in [4.69, 9.17) is 9.72 Å². The lowest BCUT2D eigenvalue weighted by atomic mass is 9.67. The van der Waals surface area contributed by atoms with Gasteiger partial charge in [-0.2, -0.15) is 0 Å². The predicted molar refractivity (Wildman–Crippen MR) is 120 cm³/mol. The van der Waals surface area contributed by atoms with Crippen molar-refractivity contribution in [2.45, 2.75) is 46.5 Å². The first-order valence-corrected chi connectivity index (χ1v) is 10.8. The van der Waals surface area contributed by atoms with Crippen LogP contribution >= 0.6 is 0 Å². The lowest BCUT2D eigenvalue weighted by Gasteiger charge is -2.37. The molecule has 3 heterocycles. The minimum absolute atomic E-state index is 0.0234. The Hall–Kier alpha value is -3.15. The quantitative estimate of drug-likeness (QED) is 0.772. The van der Waals surface area contributed by atoms with Gasteiger partial charge in [-0.25, -0.2) is 4.98 Å². The molecule has 1 fully saturated rings. The van der Waals surface area contributed by atoms with Crippen molar-refractivity contribution in [1.29, 1.82) is 0 Å². The number of pyridine rings is 2. The van der Waals surface area contributed by atoms with Gasteiger partial charge in [0, 0.05) is 29.7 Å². The van der Waals surface area contributed by atoms with Crippen LogP contribution in [0, 0.1) is 24.7 Å². The molecule has 1 unspecified atom stereocenters. The van der Waals surface area contributed by atoms with Gasteiger partial charge < -0.3 is 15.0 Å². The third kappa shape index (κ3) is 3.21. The van der Waals surface area contributed by atoms with Crippen LogP contribution in [0.25, 0.3) is 11.3 Å². The summed E-state index contributed by atoms with van der Waals surface area (Å²) in [5, 5.41) is 3.10. The molecule has 6 heteroatoms.